The van der Waals surface area contributed by atoms with E-state index >= 15 is 0 Å². The molecule has 2 rings (SSSR count). The summed E-state index contributed by atoms with van der Waals surface area (Å²) in [5, 5.41) is 18.8. The van der Waals surface area contributed by atoms with Crippen molar-refractivity contribution in [2.24, 2.45) is 0 Å². The van der Waals surface area contributed by atoms with Crippen molar-refractivity contribution in [3.63, 3.8) is 0 Å². The molecule has 0 unspecified atom stereocenters. The molecule has 0 saturated carbocycles. The number of anilines is 1. The Balaban J connectivity index is 1.79. The van der Waals surface area contributed by atoms with Gasteiger partial charge in [-0.3, -0.25) is 9.48 Å². The van der Waals surface area contributed by atoms with Crippen molar-refractivity contribution in [1.29, 1.82) is 5.26 Å². The minimum Gasteiger partial charge on any atom is -0.376 e. The normalized spacial score (nSPS) is 10.8. The van der Waals surface area contributed by atoms with Gasteiger partial charge in [0.05, 0.1) is 23.7 Å². The number of hydrogen-bond acceptors (Lipinski definition) is 4. The van der Waals surface area contributed by atoms with E-state index < -0.39 is 0 Å². The van der Waals surface area contributed by atoms with Crippen LogP contribution in [0.4, 0.5) is 5.69 Å². The van der Waals surface area contributed by atoms with Gasteiger partial charge in [-0.2, -0.15) is 10.4 Å². The maximum Gasteiger partial charge on any atom is 0.239 e. The molecule has 6 heteroatoms. The van der Waals surface area contributed by atoms with Crippen LogP contribution in [0.2, 0.25) is 0 Å². The van der Waals surface area contributed by atoms with Crippen LogP contribution in [0.5, 0.6) is 0 Å². The number of hydrogen-bond donors (Lipinski definition) is 2. The first-order chi connectivity index (χ1) is 10.5. The summed E-state index contributed by atoms with van der Waals surface area (Å²) >= 11 is 0. The average molecular weight is 297 g/mol. The number of carbonyl (C=O) groups is 1. The molecule has 1 aromatic heterocycles. The number of rotatable bonds is 6. The maximum atomic E-state index is 11.9. The molecular formula is C16H19N5O. The van der Waals surface area contributed by atoms with Gasteiger partial charge in [-0.05, 0) is 44.2 Å². The Morgan fingerprint density at radius 1 is 1.36 bits per heavy atom. The zero-order valence-electron chi connectivity index (χ0n) is 12.7. The molecule has 114 valence electrons. The fourth-order valence-corrected chi connectivity index (χ4v) is 1.93. The van der Waals surface area contributed by atoms with Crippen LogP contribution >= 0.6 is 0 Å². The number of nitrogens with zero attached hydrogens (tertiary/aromatic N) is 3. The molecular weight excluding hydrogens is 278 g/mol. The number of benzene rings is 1. The summed E-state index contributed by atoms with van der Waals surface area (Å²) in [6.45, 7) is 4.69. The summed E-state index contributed by atoms with van der Waals surface area (Å²) in [6, 6.07) is 10.9. The lowest BCUT2D eigenvalue weighted by Gasteiger charge is -2.25. The highest BCUT2D eigenvalue weighted by molar-refractivity contribution is 5.80. The molecule has 0 spiro atoms. The van der Waals surface area contributed by atoms with Gasteiger partial charge in [0, 0.05) is 24.6 Å². The monoisotopic (exact) mass is 297 g/mol. The molecule has 2 aromatic rings. The van der Waals surface area contributed by atoms with Crippen molar-refractivity contribution in [2.75, 3.05) is 18.4 Å². The summed E-state index contributed by atoms with van der Waals surface area (Å²) in [7, 11) is 0. The Hall–Kier alpha value is -2.81. The van der Waals surface area contributed by atoms with Crippen molar-refractivity contribution >= 4 is 11.6 Å². The molecule has 0 aliphatic carbocycles. The van der Waals surface area contributed by atoms with Gasteiger partial charge in [-0.25, -0.2) is 0 Å². The molecule has 6 nitrogen and oxygen atoms in total. The zero-order chi connectivity index (χ0) is 16.0. The van der Waals surface area contributed by atoms with Crippen LogP contribution < -0.4 is 10.6 Å². The maximum absolute atomic E-state index is 11.9. The van der Waals surface area contributed by atoms with E-state index in [2.05, 4.69) is 21.8 Å². The molecule has 0 aliphatic heterocycles. The van der Waals surface area contributed by atoms with E-state index in [1.807, 2.05) is 30.8 Å². The van der Waals surface area contributed by atoms with Crippen molar-refractivity contribution in [2.45, 2.75) is 19.4 Å². The summed E-state index contributed by atoms with van der Waals surface area (Å²) < 4.78 is 1.82. The Labute approximate surface area is 129 Å². The van der Waals surface area contributed by atoms with Gasteiger partial charge in [-0.1, -0.05) is 0 Å². The van der Waals surface area contributed by atoms with Gasteiger partial charge >= 0.3 is 0 Å². The predicted octanol–water partition coefficient (Wildman–Crippen LogP) is 1.72. The molecule has 22 heavy (non-hydrogen) atoms. The second-order valence-electron chi connectivity index (χ2n) is 5.58. The van der Waals surface area contributed by atoms with Gasteiger partial charge in [0.2, 0.25) is 5.91 Å². The molecule has 0 saturated heterocycles. The molecule has 0 aliphatic rings. The van der Waals surface area contributed by atoms with Crippen LogP contribution in [0.1, 0.15) is 19.4 Å². The topological polar surface area (TPSA) is 82.7 Å². The van der Waals surface area contributed by atoms with Gasteiger partial charge in [0.15, 0.2) is 0 Å². The van der Waals surface area contributed by atoms with Crippen LogP contribution in [0.15, 0.2) is 42.7 Å². The largest absolute Gasteiger partial charge is 0.376 e. The van der Waals surface area contributed by atoms with E-state index in [1.54, 1.807) is 30.5 Å². The average Bonchev–Trinajstić information content (AvgIpc) is 3.07. The number of nitrogens with one attached hydrogen (secondary N) is 2. The van der Waals surface area contributed by atoms with Gasteiger partial charge in [0.25, 0.3) is 0 Å². The molecule has 0 radical (unpaired) electrons. The molecule has 2 N–H and O–H groups in total. The van der Waals surface area contributed by atoms with E-state index in [9.17, 15) is 4.79 Å². The predicted molar refractivity (Wildman–Crippen MR) is 84.2 cm³/mol. The fraction of sp³-hybridized carbons (Fsp3) is 0.312. The van der Waals surface area contributed by atoms with Gasteiger partial charge in [-0.15, -0.1) is 0 Å². The number of aromatic nitrogens is 2. The van der Waals surface area contributed by atoms with Gasteiger partial charge < -0.3 is 10.6 Å². The van der Waals surface area contributed by atoms with E-state index in [0.29, 0.717) is 12.1 Å². The molecule has 0 bridgehead atoms. The van der Waals surface area contributed by atoms with Crippen LogP contribution in [0.3, 0.4) is 0 Å². The van der Waals surface area contributed by atoms with E-state index in [1.165, 1.54) is 0 Å². The second-order valence-corrected chi connectivity index (χ2v) is 5.58. The zero-order valence-corrected chi connectivity index (χ0v) is 12.7. The molecule has 1 aromatic carbocycles. The van der Waals surface area contributed by atoms with Crippen LogP contribution in [0, 0.1) is 11.3 Å². The summed E-state index contributed by atoms with van der Waals surface area (Å²) in [6.07, 6.45) is 3.59. The number of nitriles is 1. The standard InChI is InChI=1S/C16H19N5O/c1-16(2,21-9-3-8-20-21)12-19-15(22)11-18-14-6-4-13(10-17)5-7-14/h3-9,18H,11-12H2,1-2H3,(H,19,22). The summed E-state index contributed by atoms with van der Waals surface area (Å²) in [4.78, 5) is 11.9. The SMILES string of the molecule is CC(C)(CNC(=O)CNc1ccc(C#N)cc1)n1cccn1. The first kappa shape index (κ1) is 15.6. The van der Waals surface area contributed by atoms with Crippen molar-refractivity contribution < 1.29 is 4.79 Å². The van der Waals surface area contributed by atoms with Crippen LogP contribution in [-0.2, 0) is 10.3 Å². The Bertz CT molecular complexity index is 653. The first-order valence-corrected chi connectivity index (χ1v) is 7.02. The molecule has 0 atom stereocenters. The summed E-state index contributed by atoms with van der Waals surface area (Å²) in [5.74, 6) is -0.0930. The first-order valence-electron chi connectivity index (χ1n) is 7.02. The Morgan fingerprint density at radius 3 is 2.68 bits per heavy atom. The van der Waals surface area contributed by atoms with Crippen LogP contribution in [0.25, 0.3) is 0 Å². The lowest BCUT2D eigenvalue weighted by molar-refractivity contribution is -0.119. The Morgan fingerprint density at radius 2 is 2.09 bits per heavy atom. The van der Waals surface area contributed by atoms with E-state index in [0.717, 1.165) is 5.69 Å². The van der Waals surface area contributed by atoms with Crippen molar-refractivity contribution in [3.8, 4) is 6.07 Å². The van der Waals surface area contributed by atoms with Crippen molar-refractivity contribution in [3.05, 3.63) is 48.3 Å². The third-order valence-electron chi connectivity index (χ3n) is 3.31. The third kappa shape index (κ3) is 4.09. The third-order valence-corrected chi connectivity index (χ3v) is 3.31. The highest BCUT2D eigenvalue weighted by Crippen LogP contribution is 2.12. The van der Waals surface area contributed by atoms with Crippen molar-refractivity contribution in [1.82, 2.24) is 15.1 Å². The molecule has 1 amide bonds. The lowest BCUT2D eigenvalue weighted by atomic mass is 10.1. The van der Waals surface area contributed by atoms with Gasteiger partial charge in [0.1, 0.15) is 0 Å². The minimum atomic E-state index is -0.284. The van der Waals surface area contributed by atoms with E-state index in [4.69, 9.17) is 5.26 Å². The minimum absolute atomic E-state index is 0.0930. The molecule has 0 fully saturated rings. The van der Waals surface area contributed by atoms with E-state index in [-0.39, 0.29) is 18.0 Å². The summed E-state index contributed by atoms with van der Waals surface area (Å²) in [5.41, 5.74) is 1.12. The smallest absolute Gasteiger partial charge is 0.239 e. The number of amides is 1. The Kier molecular flexibility index (Phi) is 4.79. The highest BCUT2D eigenvalue weighted by atomic mass is 16.1. The quantitative estimate of drug-likeness (QED) is 0.850. The van der Waals surface area contributed by atoms with Crippen LogP contribution in [-0.4, -0.2) is 28.8 Å². The highest BCUT2D eigenvalue weighted by Gasteiger charge is 2.20. The second kappa shape index (κ2) is 6.76. The number of carbonyl (C=O) groups excluding carboxylic acids is 1. The molecule has 1 heterocycles. The lowest BCUT2D eigenvalue weighted by Crippen LogP contribution is -2.42. The fourth-order valence-electron chi connectivity index (χ4n) is 1.93.